The van der Waals surface area contributed by atoms with E-state index in [1.165, 1.54) is 6.04 Å². The Morgan fingerprint density at radius 1 is 1.08 bits per heavy atom. The van der Waals surface area contributed by atoms with Gasteiger partial charge in [-0.3, -0.25) is 0 Å². The number of hydrogen-bond donors (Lipinski definition) is 0. The van der Waals surface area contributed by atoms with Gasteiger partial charge < -0.3 is 4.79 Å². The van der Waals surface area contributed by atoms with Gasteiger partial charge >= 0.3 is 0 Å². The largest absolute Gasteiger partial charge is 0.303 e. The van der Waals surface area contributed by atoms with Crippen LogP contribution in [0.3, 0.4) is 0 Å². The molecule has 0 aromatic rings. The summed E-state index contributed by atoms with van der Waals surface area (Å²) in [6.45, 7) is 7.09. The molecule has 0 radical (unpaired) electrons. The van der Waals surface area contributed by atoms with Crippen LogP contribution < -0.4 is 0 Å². The third-order valence-corrected chi connectivity index (χ3v) is 3.05. The Morgan fingerprint density at radius 3 is 2.25 bits per heavy atom. The van der Waals surface area contributed by atoms with Crippen molar-refractivity contribution >= 4 is 14.4 Å². The van der Waals surface area contributed by atoms with E-state index >= 15 is 0 Å². The van der Waals surface area contributed by atoms with Crippen molar-refractivity contribution in [1.29, 1.82) is 0 Å². The average molecular weight is 184 g/mol. The first-order chi connectivity index (χ1) is 5.56. The van der Waals surface area contributed by atoms with E-state index < -0.39 is 8.07 Å². The maximum absolute atomic E-state index is 9.98. The van der Waals surface area contributed by atoms with Crippen molar-refractivity contribution in [1.82, 2.24) is 0 Å². The molecule has 0 aliphatic carbocycles. The van der Waals surface area contributed by atoms with E-state index in [0.29, 0.717) is 6.42 Å². The van der Waals surface area contributed by atoms with Crippen LogP contribution in [0.25, 0.3) is 0 Å². The fraction of sp³-hybridized carbons (Fsp3) is 0.700. The zero-order valence-corrected chi connectivity index (χ0v) is 9.47. The van der Waals surface area contributed by atoms with E-state index in [2.05, 4.69) is 31.8 Å². The number of hydrogen-bond acceptors (Lipinski definition) is 1. The van der Waals surface area contributed by atoms with Crippen LogP contribution in [0.2, 0.25) is 25.7 Å². The Kier molecular flexibility index (Phi) is 5.99. The van der Waals surface area contributed by atoms with Gasteiger partial charge in [0.05, 0.1) is 0 Å². The molecule has 0 atom stereocenters. The molecule has 0 fully saturated rings. The second-order valence-electron chi connectivity index (χ2n) is 4.33. The Labute approximate surface area is 76.9 Å². The predicted octanol–water partition coefficient (Wildman–Crippen LogP) is 3.25. The highest BCUT2D eigenvalue weighted by Crippen LogP contribution is 2.09. The van der Waals surface area contributed by atoms with Crippen molar-refractivity contribution in [2.75, 3.05) is 0 Å². The van der Waals surface area contributed by atoms with E-state index in [-0.39, 0.29) is 0 Å². The molecule has 12 heavy (non-hydrogen) atoms. The van der Waals surface area contributed by atoms with Crippen LogP contribution in [0.5, 0.6) is 0 Å². The van der Waals surface area contributed by atoms with E-state index in [1.807, 2.05) is 0 Å². The first-order valence-electron chi connectivity index (χ1n) is 4.65. The van der Waals surface area contributed by atoms with Crippen LogP contribution in [0, 0.1) is 0 Å². The molecule has 0 bridgehead atoms. The number of aldehydes is 1. The van der Waals surface area contributed by atoms with Crippen LogP contribution >= 0.6 is 0 Å². The normalized spacial score (nSPS) is 12.2. The number of unbranched alkanes of at least 4 members (excludes halogenated alkanes) is 2. The number of carbonyl (C=O) groups is 1. The first kappa shape index (κ1) is 11.6. The van der Waals surface area contributed by atoms with E-state index in [0.717, 1.165) is 19.1 Å². The highest BCUT2D eigenvalue weighted by molar-refractivity contribution is 6.76. The van der Waals surface area contributed by atoms with E-state index in [4.69, 9.17) is 0 Å². The molecule has 0 N–H and O–H groups in total. The summed E-state index contributed by atoms with van der Waals surface area (Å²) < 4.78 is 0. The summed E-state index contributed by atoms with van der Waals surface area (Å²) in [5.41, 5.74) is 0. The molecular formula is C10H20OSi. The molecule has 0 aromatic carbocycles. The van der Waals surface area contributed by atoms with Gasteiger partial charge in [0.25, 0.3) is 0 Å². The Morgan fingerprint density at radius 2 is 1.75 bits per heavy atom. The molecule has 0 saturated heterocycles. The van der Waals surface area contributed by atoms with Crippen LogP contribution in [0.4, 0.5) is 0 Å². The Balaban J connectivity index is 3.31. The van der Waals surface area contributed by atoms with E-state index in [9.17, 15) is 4.79 Å². The van der Waals surface area contributed by atoms with Crippen molar-refractivity contribution in [2.24, 2.45) is 0 Å². The quantitative estimate of drug-likeness (QED) is 0.268. The van der Waals surface area contributed by atoms with Crippen molar-refractivity contribution in [2.45, 2.75) is 44.9 Å². The molecule has 1 nitrogen and oxygen atoms in total. The smallest absolute Gasteiger partial charge is 0.120 e. The van der Waals surface area contributed by atoms with Crippen molar-refractivity contribution < 1.29 is 4.79 Å². The molecule has 0 unspecified atom stereocenters. The fourth-order valence-corrected chi connectivity index (χ4v) is 1.75. The molecule has 2 heteroatoms. The van der Waals surface area contributed by atoms with Gasteiger partial charge in [-0.25, -0.2) is 0 Å². The zero-order valence-electron chi connectivity index (χ0n) is 8.47. The molecule has 0 spiro atoms. The maximum atomic E-state index is 9.98. The molecular weight excluding hydrogens is 164 g/mol. The van der Waals surface area contributed by atoms with Crippen molar-refractivity contribution in [3.8, 4) is 0 Å². The standard InChI is InChI=1S/C10H20OSi/c1-12(2,3)10-8-6-4-5-7-9-11/h6,8-9H,4-5,7,10H2,1-3H3/b8-6+. The minimum absolute atomic E-state index is 0.706. The molecule has 0 saturated carbocycles. The number of rotatable bonds is 6. The van der Waals surface area contributed by atoms with Gasteiger partial charge in [0.15, 0.2) is 0 Å². The van der Waals surface area contributed by atoms with Crippen LogP contribution in [0.1, 0.15) is 19.3 Å². The summed E-state index contributed by atoms with van der Waals surface area (Å²) >= 11 is 0. The summed E-state index contributed by atoms with van der Waals surface area (Å²) in [4.78, 5) is 9.98. The number of carbonyl (C=O) groups excluding carboxylic acids is 1. The highest BCUT2D eigenvalue weighted by atomic mass is 28.3. The van der Waals surface area contributed by atoms with Gasteiger partial charge in [-0.15, -0.1) is 0 Å². The van der Waals surface area contributed by atoms with Gasteiger partial charge in [-0.05, 0) is 18.9 Å². The minimum atomic E-state index is -0.882. The summed E-state index contributed by atoms with van der Waals surface area (Å²) in [7, 11) is -0.882. The highest BCUT2D eigenvalue weighted by Gasteiger charge is 2.08. The molecule has 0 aromatic heterocycles. The lowest BCUT2D eigenvalue weighted by molar-refractivity contribution is -0.107. The lowest BCUT2D eigenvalue weighted by Gasteiger charge is -2.11. The molecule has 0 aliphatic heterocycles. The maximum Gasteiger partial charge on any atom is 0.120 e. The van der Waals surface area contributed by atoms with Gasteiger partial charge in [0, 0.05) is 14.5 Å². The SMILES string of the molecule is C[Si](C)(C)C/C=C/CCCC=O. The van der Waals surface area contributed by atoms with Crippen LogP contribution in [0.15, 0.2) is 12.2 Å². The molecule has 0 rings (SSSR count). The van der Waals surface area contributed by atoms with Crippen LogP contribution in [-0.2, 0) is 4.79 Å². The fourth-order valence-electron chi connectivity index (χ4n) is 0.874. The Bertz CT molecular complexity index is 144. The predicted molar refractivity (Wildman–Crippen MR) is 57.2 cm³/mol. The summed E-state index contributed by atoms with van der Waals surface area (Å²) in [5, 5.41) is 0. The first-order valence-corrected chi connectivity index (χ1v) is 8.35. The summed E-state index contributed by atoms with van der Waals surface area (Å²) in [6.07, 6.45) is 8.25. The van der Waals surface area contributed by atoms with Crippen LogP contribution in [-0.4, -0.2) is 14.4 Å². The average Bonchev–Trinajstić information content (AvgIpc) is 1.94. The van der Waals surface area contributed by atoms with Gasteiger partial charge in [-0.2, -0.15) is 0 Å². The van der Waals surface area contributed by atoms with E-state index in [1.54, 1.807) is 0 Å². The summed E-state index contributed by atoms with van der Waals surface area (Å²) in [6, 6.07) is 1.26. The van der Waals surface area contributed by atoms with Gasteiger partial charge in [0.1, 0.15) is 6.29 Å². The molecule has 0 heterocycles. The molecule has 0 aliphatic rings. The topological polar surface area (TPSA) is 17.1 Å². The monoisotopic (exact) mass is 184 g/mol. The van der Waals surface area contributed by atoms with Gasteiger partial charge in [-0.1, -0.05) is 31.8 Å². The van der Waals surface area contributed by atoms with Crippen molar-refractivity contribution in [3.63, 3.8) is 0 Å². The third kappa shape index (κ3) is 9.63. The lowest BCUT2D eigenvalue weighted by Crippen LogP contribution is -2.17. The zero-order chi connectivity index (χ0) is 9.45. The Hall–Kier alpha value is -0.373. The molecule has 70 valence electrons. The second kappa shape index (κ2) is 6.18. The van der Waals surface area contributed by atoms with Crippen molar-refractivity contribution in [3.05, 3.63) is 12.2 Å². The number of allylic oxidation sites excluding steroid dienone is 2. The third-order valence-electron chi connectivity index (χ3n) is 1.59. The van der Waals surface area contributed by atoms with Gasteiger partial charge in [0.2, 0.25) is 0 Å². The second-order valence-corrected chi connectivity index (χ2v) is 9.86. The lowest BCUT2D eigenvalue weighted by atomic mass is 10.2. The minimum Gasteiger partial charge on any atom is -0.303 e. The molecule has 0 amide bonds. The summed E-state index contributed by atoms with van der Waals surface area (Å²) in [5.74, 6) is 0.